The predicted molar refractivity (Wildman–Crippen MR) is 82.3 cm³/mol. The number of nitrogens with one attached hydrogen (secondary N) is 1. The summed E-state index contributed by atoms with van der Waals surface area (Å²) < 4.78 is 0. The van der Waals surface area contributed by atoms with Gasteiger partial charge in [0.05, 0.1) is 6.10 Å². The zero-order valence-corrected chi connectivity index (χ0v) is 12.0. The van der Waals surface area contributed by atoms with Crippen LogP contribution >= 0.6 is 0 Å². The fraction of sp³-hybridized carbons (Fsp3) is 0.294. The van der Waals surface area contributed by atoms with Crippen molar-refractivity contribution in [3.8, 4) is 11.5 Å². The molecule has 4 heteroatoms. The number of phenols is 2. The molecule has 112 valence electrons. The predicted octanol–water partition coefficient (Wildman–Crippen LogP) is 2.35. The van der Waals surface area contributed by atoms with Crippen molar-refractivity contribution in [2.75, 3.05) is 6.54 Å². The van der Waals surface area contributed by atoms with E-state index in [1.807, 2.05) is 19.1 Å². The van der Waals surface area contributed by atoms with E-state index in [1.54, 1.807) is 36.4 Å². The lowest BCUT2D eigenvalue weighted by molar-refractivity contribution is 0.170. The molecule has 2 aromatic carbocycles. The maximum Gasteiger partial charge on any atom is 0.115 e. The van der Waals surface area contributed by atoms with Gasteiger partial charge in [-0.1, -0.05) is 24.3 Å². The largest absolute Gasteiger partial charge is 0.508 e. The van der Waals surface area contributed by atoms with E-state index in [2.05, 4.69) is 5.32 Å². The van der Waals surface area contributed by atoms with Crippen molar-refractivity contribution < 1.29 is 15.3 Å². The first kappa shape index (κ1) is 15.4. The average molecular weight is 287 g/mol. The maximum atomic E-state index is 10.1. The molecule has 0 spiro atoms. The lowest BCUT2D eigenvalue weighted by Crippen LogP contribution is -2.32. The molecule has 0 saturated heterocycles. The SMILES string of the molecule is CC(Cc1ccc(O)cc1)NCC(O)c1cccc(O)c1. The van der Waals surface area contributed by atoms with Crippen LogP contribution in [0.5, 0.6) is 11.5 Å². The highest BCUT2D eigenvalue weighted by atomic mass is 16.3. The summed E-state index contributed by atoms with van der Waals surface area (Å²) in [6.07, 6.45) is 0.159. The van der Waals surface area contributed by atoms with Crippen molar-refractivity contribution in [2.45, 2.75) is 25.5 Å². The summed E-state index contributed by atoms with van der Waals surface area (Å²) in [6.45, 7) is 2.46. The quantitative estimate of drug-likeness (QED) is 0.658. The molecular weight excluding hydrogens is 266 g/mol. The Labute approximate surface area is 124 Å². The van der Waals surface area contributed by atoms with Crippen molar-refractivity contribution in [1.82, 2.24) is 5.32 Å². The smallest absolute Gasteiger partial charge is 0.115 e. The van der Waals surface area contributed by atoms with Crippen LogP contribution in [-0.4, -0.2) is 27.9 Å². The normalized spacial score (nSPS) is 13.8. The van der Waals surface area contributed by atoms with E-state index in [1.165, 1.54) is 0 Å². The summed E-state index contributed by atoms with van der Waals surface area (Å²) in [5.41, 5.74) is 1.82. The molecule has 0 bridgehead atoms. The maximum absolute atomic E-state index is 10.1. The minimum atomic E-state index is -0.653. The van der Waals surface area contributed by atoms with Gasteiger partial charge in [0.2, 0.25) is 0 Å². The number of benzene rings is 2. The van der Waals surface area contributed by atoms with E-state index in [9.17, 15) is 15.3 Å². The van der Waals surface area contributed by atoms with E-state index in [4.69, 9.17) is 0 Å². The Morgan fingerprint density at radius 3 is 2.38 bits per heavy atom. The third-order valence-corrected chi connectivity index (χ3v) is 3.39. The van der Waals surface area contributed by atoms with Crippen molar-refractivity contribution >= 4 is 0 Å². The van der Waals surface area contributed by atoms with E-state index < -0.39 is 6.10 Å². The second-order valence-corrected chi connectivity index (χ2v) is 5.29. The molecule has 0 heterocycles. The minimum absolute atomic E-state index is 0.156. The second kappa shape index (κ2) is 7.11. The lowest BCUT2D eigenvalue weighted by Gasteiger charge is -2.17. The van der Waals surface area contributed by atoms with Gasteiger partial charge in [0, 0.05) is 12.6 Å². The molecule has 0 aliphatic carbocycles. The molecule has 0 radical (unpaired) electrons. The zero-order chi connectivity index (χ0) is 15.2. The molecule has 0 saturated carbocycles. The van der Waals surface area contributed by atoms with Crippen LogP contribution in [0.2, 0.25) is 0 Å². The van der Waals surface area contributed by atoms with Gasteiger partial charge in [0.25, 0.3) is 0 Å². The van der Waals surface area contributed by atoms with Gasteiger partial charge >= 0.3 is 0 Å². The van der Waals surface area contributed by atoms with E-state index in [0.29, 0.717) is 12.1 Å². The zero-order valence-electron chi connectivity index (χ0n) is 12.0. The molecule has 0 aliphatic heterocycles. The first-order valence-electron chi connectivity index (χ1n) is 7.03. The van der Waals surface area contributed by atoms with Crippen LogP contribution in [0.4, 0.5) is 0 Å². The van der Waals surface area contributed by atoms with Crippen molar-refractivity contribution in [3.05, 3.63) is 59.7 Å². The third-order valence-electron chi connectivity index (χ3n) is 3.39. The number of phenolic OH excluding ortho intramolecular Hbond substituents is 2. The molecule has 2 aromatic rings. The molecule has 4 N–H and O–H groups in total. The van der Waals surface area contributed by atoms with Crippen molar-refractivity contribution in [2.24, 2.45) is 0 Å². The van der Waals surface area contributed by atoms with Gasteiger partial charge in [0.1, 0.15) is 11.5 Å². The first-order chi connectivity index (χ1) is 10.0. The van der Waals surface area contributed by atoms with Crippen LogP contribution < -0.4 is 5.32 Å². The van der Waals surface area contributed by atoms with Crippen LogP contribution in [0, 0.1) is 0 Å². The topological polar surface area (TPSA) is 72.7 Å². The van der Waals surface area contributed by atoms with Gasteiger partial charge in [-0.05, 0) is 48.7 Å². The first-order valence-corrected chi connectivity index (χ1v) is 7.03. The highest BCUT2D eigenvalue weighted by Gasteiger charge is 2.10. The van der Waals surface area contributed by atoms with Crippen molar-refractivity contribution in [1.29, 1.82) is 0 Å². The molecule has 2 rings (SSSR count). The number of aliphatic hydroxyl groups excluding tert-OH is 1. The Hall–Kier alpha value is -2.04. The molecule has 21 heavy (non-hydrogen) atoms. The summed E-state index contributed by atoms with van der Waals surface area (Å²) >= 11 is 0. The fourth-order valence-corrected chi connectivity index (χ4v) is 2.22. The van der Waals surface area contributed by atoms with Gasteiger partial charge in [-0.15, -0.1) is 0 Å². The Morgan fingerprint density at radius 2 is 1.71 bits per heavy atom. The molecule has 0 amide bonds. The Kier molecular flexibility index (Phi) is 5.20. The average Bonchev–Trinajstić information content (AvgIpc) is 2.47. The van der Waals surface area contributed by atoms with E-state index >= 15 is 0 Å². The molecule has 2 unspecified atom stereocenters. The number of aliphatic hydroxyl groups is 1. The number of aromatic hydroxyl groups is 2. The van der Waals surface area contributed by atoms with Gasteiger partial charge in [-0.2, -0.15) is 0 Å². The number of rotatable bonds is 6. The molecule has 0 aliphatic rings. The van der Waals surface area contributed by atoms with Gasteiger partial charge in [-0.25, -0.2) is 0 Å². The van der Waals surface area contributed by atoms with Crippen LogP contribution in [0.1, 0.15) is 24.2 Å². The summed E-state index contributed by atoms with van der Waals surface area (Å²) in [6, 6.07) is 14.0. The highest BCUT2D eigenvalue weighted by Crippen LogP contribution is 2.18. The van der Waals surface area contributed by atoms with Crippen LogP contribution in [0.15, 0.2) is 48.5 Å². The number of hydrogen-bond acceptors (Lipinski definition) is 4. The summed E-state index contributed by atoms with van der Waals surface area (Å²) in [5.74, 6) is 0.419. The van der Waals surface area contributed by atoms with E-state index in [0.717, 1.165) is 12.0 Å². The molecule has 0 fully saturated rings. The third kappa shape index (κ3) is 4.77. The molecule has 2 atom stereocenters. The minimum Gasteiger partial charge on any atom is -0.508 e. The summed E-state index contributed by atoms with van der Waals surface area (Å²) in [5, 5.41) is 32.0. The molecule has 4 nitrogen and oxygen atoms in total. The molecule has 0 aromatic heterocycles. The van der Waals surface area contributed by atoms with Gasteiger partial charge < -0.3 is 20.6 Å². The standard InChI is InChI=1S/C17H21NO3/c1-12(9-13-5-7-15(19)8-6-13)18-11-17(21)14-3-2-4-16(20)10-14/h2-8,10,12,17-21H,9,11H2,1H3. The Bertz CT molecular complexity index is 569. The van der Waals surface area contributed by atoms with Crippen LogP contribution in [0.3, 0.4) is 0 Å². The van der Waals surface area contributed by atoms with Crippen LogP contribution in [0.25, 0.3) is 0 Å². The Morgan fingerprint density at radius 1 is 1.00 bits per heavy atom. The van der Waals surface area contributed by atoms with E-state index in [-0.39, 0.29) is 17.5 Å². The second-order valence-electron chi connectivity index (χ2n) is 5.29. The van der Waals surface area contributed by atoms with Crippen LogP contribution in [-0.2, 0) is 6.42 Å². The lowest BCUT2D eigenvalue weighted by atomic mass is 10.1. The summed E-state index contributed by atoms with van der Waals surface area (Å²) in [7, 11) is 0. The number of hydrogen-bond donors (Lipinski definition) is 4. The summed E-state index contributed by atoms with van der Waals surface area (Å²) in [4.78, 5) is 0. The monoisotopic (exact) mass is 287 g/mol. The molecular formula is C17H21NO3. The van der Waals surface area contributed by atoms with Gasteiger partial charge in [-0.3, -0.25) is 0 Å². The van der Waals surface area contributed by atoms with Crippen molar-refractivity contribution in [3.63, 3.8) is 0 Å². The van der Waals surface area contributed by atoms with Gasteiger partial charge in [0.15, 0.2) is 0 Å². The Balaban J connectivity index is 1.83. The fourth-order valence-electron chi connectivity index (χ4n) is 2.22. The highest BCUT2D eigenvalue weighted by molar-refractivity contribution is 5.29.